The molecule has 0 saturated carbocycles. The first-order valence-electron chi connectivity index (χ1n) is 13.3. The highest BCUT2D eigenvalue weighted by Crippen LogP contribution is 2.63. The first-order valence-corrected chi connectivity index (χ1v) is 14.9. The summed E-state index contributed by atoms with van der Waals surface area (Å²) in [6, 6.07) is 53.6. The Morgan fingerprint density at radius 1 is 0.333 bits per heavy atom. The van der Waals surface area contributed by atoms with E-state index in [1.165, 1.54) is 64.1 Å². The summed E-state index contributed by atoms with van der Waals surface area (Å²) in [6.07, 6.45) is 0. The van der Waals surface area contributed by atoms with E-state index in [1.807, 2.05) is 23.5 Å². The Balaban J connectivity index is 1.56. The molecule has 0 N–H and O–H groups in total. The van der Waals surface area contributed by atoms with E-state index in [-0.39, 0.29) is 0 Å². The largest absolute Gasteiger partial charge is 0.0894 e. The van der Waals surface area contributed by atoms with Crippen LogP contribution in [0.1, 0.15) is 22.3 Å². The van der Waals surface area contributed by atoms with Gasteiger partial charge in [0.05, 0.1) is 5.41 Å². The molecule has 1 spiro atoms. The van der Waals surface area contributed by atoms with Crippen LogP contribution < -0.4 is 0 Å². The van der Waals surface area contributed by atoms with Gasteiger partial charge in [-0.1, -0.05) is 157 Å². The second-order valence-electron chi connectivity index (χ2n) is 10.0. The molecule has 0 atom stereocenters. The number of rotatable bonds is 2. The Kier molecular flexibility index (Phi) is 5.33. The van der Waals surface area contributed by atoms with Crippen molar-refractivity contribution in [3.05, 3.63) is 168 Å². The third-order valence-electron chi connectivity index (χ3n) is 8.01. The predicted octanol–water partition coefficient (Wildman–Crippen LogP) is 10.3. The molecule has 0 radical (unpaired) electrons. The van der Waals surface area contributed by atoms with Crippen LogP contribution >= 0.6 is 23.5 Å². The second kappa shape index (κ2) is 9.05. The normalized spacial score (nSPS) is 14.2. The lowest BCUT2D eigenvalue weighted by molar-refractivity contribution is 0.668. The molecule has 0 fully saturated rings. The topological polar surface area (TPSA) is 0 Å². The molecule has 0 saturated heterocycles. The van der Waals surface area contributed by atoms with E-state index in [2.05, 4.69) is 146 Å². The molecular weight excluding hydrogens is 509 g/mol. The minimum atomic E-state index is -0.413. The van der Waals surface area contributed by atoms with Gasteiger partial charge in [0.2, 0.25) is 0 Å². The van der Waals surface area contributed by atoms with Gasteiger partial charge in [-0.2, -0.15) is 0 Å². The molecule has 2 heterocycles. The second-order valence-corrected chi connectivity index (χ2v) is 12.1. The molecule has 2 heteroatoms. The van der Waals surface area contributed by atoms with E-state index in [0.29, 0.717) is 0 Å². The summed E-state index contributed by atoms with van der Waals surface area (Å²) in [6.45, 7) is 0. The molecule has 0 aliphatic carbocycles. The smallest absolute Gasteiger partial charge is 0.0745 e. The van der Waals surface area contributed by atoms with Crippen molar-refractivity contribution >= 4 is 23.5 Å². The molecule has 8 rings (SSSR count). The van der Waals surface area contributed by atoms with Crippen molar-refractivity contribution in [2.45, 2.75) is 25.0 Å². The molecule has 6 aromatic rings. The fourth-order valence-electron chi connectivity index (χ4n) is 6.40. The van der Waals surface area contributed by atoms with Gasteiger partial charge in [-0.05, 0) is 56.6 Å². The van der Waals surface area contributed by atoms with Gasteiger partial charge in [0, 0.05) is 19.6 Å². The maximum Gasteiger partial charge on any atom is 0.0745 e. The lowest BCUT2D eigenvalue weighted by atomic mass is 9.64. The third kappa shape index (κ3) is 3.35. The molecule has 0 nitrogen and oxygen atoms in total. The summed E-state index contributed by atoms with van der Waals surface area (Å²) in [5, 5.41) is 0. The Labute approximate surface area is 237 Å². The average Bonchev–Trinajstić information content (AvgIpc) is 3.01. The van der Waals surface area contributed by atoms with Crippen LogP contribution in [0.25, 0.3) is 22.3 Å². The Morgan fingerprint density at radius 3 is 1.23 bits per heavy atom. The molecule has 2 aliphatic heterocycles. The van der Waals surface area contributed by atoms with Crippen LogP contribution in [0, 0.1) is 0 Å². The number of hydrogen-bond donors (Lipinski definition) is 0. The fourth-order valence-corrected chi connectivity index (χ4v) is 9.05. The van der Waals surface area contributed by atoms with Gasteiger partial charge in [0.1, 0.15) is 0 Å². The molecule has 6 aromatic carbocycles. The minimum Gasteiger partial charge on any atom is -0.0894 e. The average molecular weight is 533 g/mol. The summed E-state index contributed by atoms with van der Waals surface area (Å²) >= 11 is 3.83. The molecule has 0 aromatic heterocycles. The van der Waals surface area contributed by atoms with Crippen molar-refractivity contribution in [2.24, 2.45) is 0 Å². The van der Waals surface area contributed by atoms with Crippen molar-refractivity contribution in [3.8, 4) is 22.3 Å². The fraction of sp³-hybridized carbons (Fsp3) is 0.0270. The van der Waals surface area contributed by atoms with E-state index in [0.717, 1.165) is 0 Å². The zero-order chi connectivity index (χ0) is 25.8. The van der Waals surface area contributed by atoms with Crippen molar-refractivity contribution in [1.29, 1.82) is 0 Å². The summed E-state index contributed by atoms with van der Waals surface area (Å²) in [5.74, 6) is 0. The molecular formula is C37H24S2. The molecule has 0 amide bonds. The van der Waals surface area contributed by atoms with E-state index in [4.69, 9.17) is 0 Å². The zero-order valence-corrected chi connectivity index (χ0v) is 22.8. The van der Waals surface area contributed by atoms with Gasteiger partial charge in [-0.15, -0.1) is 0 Å². The van der Waals surface area contributed by atoms with Crippen LogP contribution in [-0.4, -0.2) is 0 Å². The number of hydrogen-bond acceptors (Lipinski definition) is 2. The highest BCUT2D eigenvalue weighted by atomic mass is 32.2. The monoisotopic (exact) mass is 532 g/mol. The number of fused-ring (bicyclic) bond motifs is 8. The lowest BCUT2D eigenvalue weighted by Crippen LogP contribution is -2.37. The highest BCUT2D eigenvalue weighted by Gasteiger charge is 2.49. The maximum absolute atomic E-state index is 2.37. The van der Waals surface area contributed by atoms with Gasteiger partial charge in [0.25, 0.3) is 0 Å². The van der Waals surface area contributed by atoms with Crippen molar-refractivity contribution < 1.29 is 0 Å². The maximum atomic E-state index is 2.37. The predicted molar refractivity (Wildman–Crippen MR) is 164 cm³/mol. The van der Waals surface area contributed by atoms with E-state index in [1.54, 1.807) is 0 Å². The Hall–Kier alpha value is -3.98. The van der Waals surface area contributed by atoms with Gasteiger partial charge in [0.15, 0.2) is 0 Å². The highest BCUT2D eigenvalue weighted by molar-refractivity contribution is 8.00. The minimum absolute atomic E-state index is 0.413. The Bertz CT molecular complexity index is 1720. The van der Waals surface area contributed by atoms with Crippen molar-refractivity contribution in [3.63, 3.8) is 0 Å². The van der Waals surface area contributed by atoms with Crippen molar-refractivity contribution in [1.82, 2.24) is 0 Å². The third-order valence-corrected chi connectivity index (χ3v) is 10.5. The van der Waals surface area contributed by atoms with E-state index in [9.17, 15) is 0 Å². The quantitative estimate of drug-likeness (QED) is 0.217. The van der Waals surface area contributed by atoms with Crippen LogP contribution in [-0.2, 0) is 5.41 Å². The van der Waals surface area contributed by atoms with Crippen LogP contribution in [0.3, 0.4) is 0 Å². The molecule has 39 heavy (non-hydrogen) atoms. The van der Waals surface area contributed by atoms with Crippen LogP contribution in [0.5, 0.6) is 0 Å². The van der Waals surface area contributed by atoms with Gasteiger partial charge >= 0.3 is 0 Å². The zero-order valence-electron chi connectivity index (χ0n) is 21.2. The van der Waals surface area contributed by atoms with E-state index < -0.39 is 5.41 Å². The summed E-state index contributed by atoms with van der Waals surface area (Å²) in [4.78, 5) is 5.35. The summed E-state index contributed by atoms with van der Waals surface area (Å²) < 4.78 is 0. The standard InChI is InChI=1S/C37H24S2/c1-3-13-25(14-4-1)27-17-11-21-31-35(27)39-36-28(26-15-5-2-6-16-26)18-12-22-32(36)37(31)29-19-7-9-23-33(29)38-34-24-10-8-20-30(34)37/h1-24H. The molecule has 0 bridgehead atoms. The van der Waals surface area contributed by atoms with Crippen LogP contribution in [0.2, 0.25) is 0 Å². The van der Waals surface area contributed by atoms with Gasteiger partial charge in [-0.25, -0.2) is 0 Å². The van der Waals surface area contributed by atoms with Crippen LogP contribution in [0.15, 0.2) is 165 Å². The van der Waals surface area contributed by atoms with Gasteiger partial charge < -0.3 is 0 Å². The van der Waals surface area contributed by atoms with Crippen molar-refractivity contribution in [2.75, 3.05) is 0 Å². The molecule has 184 valence electrons. The molecule has 2 aliphatic rings. The molecule has 0 unspecified atom stereocenters. The Morgan fingerprint density at radius 2 is 0.744 bits per heavy atom. The SMILES string of the molecule is c1ccc(-c2cccc3c2Sc2c(-c4ccccc4)cccc2C32c3ccccc3Sc3ccccc32)cc1. The lowest BCUT2D eigenvalue weighted by Gasteiger charge is -2.46. The summed E-state index contributed by atoms with van der Waals surface area (Å²) in [7, 11) is 0. The van der Waals surface area contributed by atoms with E-state index >= 15 is 0 Å². The first kappa shape index (κ1) is 23.0. The number of benzene rings is 6. The summed E-state index contributed by atoms with van der Waals surface area (Å²) in [5.41, 5.74) is 10.1. The van der Waals surface area contributed by atoms with Crippen LogP contribution in [0.4, 0.5) is 0 Å². The van der Waals surface area contributed by atoms with Gasteiger partial charge in [-0.3, -0.25) is 0 Å². The first-order chi connectivity index (χ1) is 19.4.